The summed E-state index contributed by atoms with van der Waals surface area (Å²) >= 11 is 1.69. The molecule has 0 aliphatic heterocycles. The molecule has 0 radical (unpaired) electrons. The maximum atomic E-state index is 11.8. The van der Waals surface area contributed by atoms with Crippen LogP contribution < -0.4 is 5.32 Å². The summed E-state index contributed by atoms with van der Waals surface area (Å²) in [7, 11) is 0. The molecule has 0 bridgehead atoms. The minimum Gasteiger partial charge on any atom is -0.352 e. The first kappa shape index (κ1) is 12.3. The largest absolute Gasteiger partial charge is 0.352 e. The molecular formula is C14H12N2OS. The van der Waals surface area contributed by atoms with E-state index in [1.807, 2.05) is 17.5 Å². The normalized spacial score (nSPS) is 9.72. The minimum atomic E-state index is -0.101. The molecule has 0 saturated carbocycles. The highest BCUT2D eigenvalue weighted by Gasteiger charge is 2.04. The second kappa shape index (κ2) is 5.99. The Balaban J connectivity index is 1.86. The van der Waals surface area contributed by atoms with Gasteiger partial charge in [0.2, 0.25) is 0 Å². The van der Waals surface area contributed by atoms with E-state index >= 15 is 0 Å². The lowest BCUT2D eigenvalue weighted by Crippen LogP contribution is -2.25. The van der Waals surface area contributed by atoms with E-state index in [1.54, 1.807) is 35.6 Å². The van der Waals surface area contributed by atoms with Crippen molar-refractivity contribution in [2.75, 3.05) is 6.54 Å². The first-order valence-corrected chi connectivity index (χ1v) is 6.48. The average molecular weight is 256 g/mol. The van der Waals surface area contributed by atoms with Gasteiger partial charge in [0.15, 0.2) is 0 Å². The number of hydrogen-bond acceptors (Lipinski definition) is 3. The molecule has 0 atom stereocenters. The Bertz CT molecular complexity index is 552. The van der Waals surface area contributed by atoms with Crippen LogP contribution in [0.3, 0.4) is 0 Å². The summed E-state index contributed by atoms with van der Waals surface area (Å²) in [4.78, 5) is 13.0. The second-order valence-electron chi connectivity index (χ2n) is 3.77. The molecule has 1 amide bonds. The highest BCUT2D eigenvalue weighted by molar-refractivity contribution is 7.09. The van der Waals surface area contributed by atoms with Crippen molar-refractivity contribution < 1.29 is 4.79 Å². The van der Waals surface area contributed by atoms with Crippen LogP contribution in [0.2, 0.25) is 0 Å². The fraction of sp³-hybridized carbons (Fsp3) is 0.143. The second-order valence-corrected chi connectivity index (χ2v) is 4.81. The third-order valence-electron chi connectivity index (χ3n) is 2.51. The lowest BCUT2D eigenvalue weighted by molar-refractivity contribution is 0.0954. The summed E-state index contributed by atoms with van der Waals surface area (Å²) < 4.78 is 0. The van der Waals surface area contributed by atoms with Crippen molar-refractivity contribution in [1.82, 2.24) is 5.32 Å². The Hall–Kier alpha value is -2.12. The molecule has 2 rings (SSSR count). The smallest absolute Gasteiger partial charge is 0.251 e. The van der Waals surface area contributed by atoms with Crippen LogP contribution >= 0.6 is 11.3 Å². The third kappa shape index (κ3) is 3.19. The van der Waals surface area contributed by atoms with Crippen LogP contribution in [0.5, 0.6) is 0 Å². The van der Waals surface area contributed by atoms with Crippen molar-refractivity contribution in [3.8, 4) is 6.07 Å². The summed E-state index contributed by atoms with van der Waals surface area (Å²) in [6, 6.07) is 12.7. The van der Waals surface area contributed by atoms with Crippen molar-refractivity contribution in [2.24, 2.45) is 0 Å². The molecule has 1 aromatic carbocycles. The summed E-state index contributed by atoms with van der Waals surface area (Å²) in [5.74, 6) is -0.101. The van der Waals surface area contributed by atoms with Crippen LogP contribution in [0.15, 0.2) is 41.8 Å². The number of nitrogens with one attached hydrogen (secondary N) is 1. The number of nitriles is 1. The van der Waals surface area contributed by atoms with Crippen LogP contribution in [0, 0.1) is 11.3 Å². The summed E-state index contributed by atoms with van der Waals surface area (Å²) in [5.41, 5.74) is 1.14. The van der Waals surface area contributed by atoms with E-state index in [1.165, 1.54) is 4.88 Å². The Morgan fingerprint density at radius 3 is 2.67 bits per heavy atom. The number of carbonyl (C=O) groups is 1. The SMILES string of the molecule is N#Cc1ccc(C(=O)NCCc2cccs2)cc1. The number of nitrogens with zero attached hydrogens (tertiary/aromatic N) is 1. The van der Waals surface area contributed by atoms with Crippen LogP contribution in [-0.2, 0) is 6.42 Å². The Morgan fingerprint density at radius 1 is 1.28 bits per heavy atom. The van der Waals surface area contributed by atoms with Gasteiger partial charge in [-0.3, -0.25) is 4.79 Å². The average Bonchev–Trinajstić information content (AvgIpc) is 2.92. The fourth-order valence-corrected chi connectivity index (χ4v) is 2.26. The third-order valence-corrected chi connectivity index (χ3v) is 3.45. The van der Waals surface area contributed by atoms with E-state index in [0.717, 1.165) is 6.42 Å². The number of thiophene rings is 1. The standard InChI is InChI=1S/C14H12N2OS/c15-10-11-3-5-12(6-4-11)14(17)16-8-7-13-2-1-9-18-13/h1-6,9H,7-8H2,(H,16,17). The Kier molecular flexibility index (Phi) is 4.11. The zero-order valence-corrected chi connectivity index (χ0v) is 10.5. The molecule has 1 N–H and O–H groups in total. The van der Waals surface area contributed by atoms with Crippen LogP contribution in [0.25, 0.3) is 0 Å². The maximum absolute atomic E-state index is 11.8. The molecular weight excluding hydrogens is 244 g/mol. The number of amides is 1. The molecule has 0 fully saturated rings. The van der Waals surface area contributed by atoms with Gasteiger partial charge in [0, 0.05) is 17.0 Å². The van der Waals surface area contributed by atoms with Crippen molar-refractivity contribution in [1.29, 1.82) is 5.26 Å². The van der Waals surface area contributed by atoms with E-state index in [4.69, 9.17) is 5.26 Å². The molecule has 2 aromatic rings. The number of carbonyl (C=O) groups excluding carboxylic acids is 1. The molecule has 0 aliphatic rings. The zero-order valence-electron chi connectivity index (χ0n) is 9.72. The van der Waals surface area contributed by atoms with Gasteiger partial charge in [-0.2, -0.15) is 5.26 Å². The molecule has 1 aromatic heterocycles. The van der Waals surface area contributed by atoms with Crippen molar-refractivity contribution in [3.63, 3.8) is 0 Å². The predicted molar refractivity (Wildman–Crippen MR) is 71.5 cm³/mol. The topological polar surface area (TPSA) is 52.9 Å². The highest BCUT2D eigenvalue weighted by atomic mass is 32.1. The van der Waals surface area contributed by atoms with Crippen molar-refractivity contribution in [2.45, 2.75) is 6.42 Å². The first-order chi connectivity index (χ1) is 8.79. The van der Waals surface area contributed by atoms with E-state index in [-0.39, 0.29) is 5.91 Å². The lowest BCUT2D eigenvalue weighted by Gasteiger charge is -2.04. The summed E-state index contributed by atoms with van der Waals surface area (Å²) in [6.45, 7) is 0.624. The van der Waals surface area contributed by atoms with Gasteiger partial charge in [0.05, 0.1) is 11.6 Å². The Labute approximate surface area is 110 Å². The number of rotatable bonds is 4. The molecule has 0 aliphatic carbocycles. The lowest BCUT2D eigenvalue weighted by atomic mass is 10.1. The summed E-state index contributed by atoms with van der Waals surface area (Å²) in [5, 5.41) is 13.5. The van der Waals surface area contributed by atoms with Gasteiger partial charge in [0.25, 0.3) is 5.91 Å². The van der Waals surface area contributed by atoms with Gasteiger partial charge in [0.1, 0.15) is 0 Å². The highest BCUT2D eigenvalue weighted by Crippen LogP contribution is 2.08. The van der Waals surface area contributed by atoms with Gasteiger partial charge in [-0.25, -0.2) is 0 Å². The minimum absolute atomic E-state index is 0.101. The van der Waals surface area contributed by atoms with Gasteiger partial charge in [-0.1, -0.05) is 6.07 Å². The first-order valence-electron chi connectivity index (χ1n) is 5.60. The molecule has 1 heterocycles. The van der Waals surface area contributed by atoms with Crippen LogP contribution in [0.1, 0.15) is 20.8 Å². The van der Waals surface area contributed by atoms with Crippen LogP contribution in [-0.4, -0.2) is 12.5 Å². The molecule has 4 heteroatoms. The quantitative estimate of drug-likeness (QED) is 0.914. The van der Waals surface area contributed by atoms with Crippen molar-refractivity contribution >= 4 is 17.2 Å². The molecule has 0 spiro atoms. The molecule has 0 saturated heterocycles. The predicted octanol–water partition coefficient (Wildman–Crippen LogP) is 2.59. The maximum Gasteiger partial charge on any atom is 0.251 e. The van der Waals surface area contributed by atoms with Gasteiger partial charge < -0.3 is 5.32 Å². The number of benzene rings is 1. The van der Waals surface area contributed by atoms with E-state index in [9.17, 15) is 4.79 Å². The van der Waals surface area contributed by atoms with Gasteiger partial charge >= 0.3 is 0 Å². The zero-order chi connectivity index (χ0) is 12.8. The molecule has 3 nitrogen and oxygen atoms in total. The molecule has 18 heavy (non-hydrogen) atoms. The fourth-order valence-electron chi connectivity index (χ4n) is 1.55. The molecule has 0 unspecified atom stereocenters. The molecule has 90 valence electrons. The van der Waals surface area contributed by atoms with Crippen LogP contribution in [0.4, 0.5) is 0 Å². The Morgan fingerprint density at radius 2 is 2.06 bits per heavy atom. The van der Waals surface area contributed by atoms with E-state index in [0.29, 0.717) is 17.7 Å². The number of hydrogen-bond donors (Lipinski definition) is 1. The summed E-state index contributed by atoms with van der Waals surface area (Å²) in [6.07, 6.45) is 0.847. The van der Waals surface area contributed by atoms with E-state index in [2.05, 4.69) is 11.4 Å². The van der Waals surface area contributed by atoms with Gasteiger partial charge in [-0.05, 0) is 42.1 Å². The monoisotopic (exact) mass is 256 g/mol. The van der Waals surface area contributed by atoms with Crippen molar-refractivity contribution in [3.05, 3.63) is 57.8 Å². The van der Waals surface area contributed by atoms with Gasteiger partial charge in [-0.15, -0.1) is 11.3 Å². The van der Waals surface area contributed by atoms with E-state index < -0.39 is 0 Å².